The molecule has 5 heteroatoms. The van der Waals surface area contributed by atoms with Gasteiger partial charge in [0.15, 0.2) is 0 Å². The summed E-state index contributed by atoms with van der Waals surface area (Å²) < 4.78 is 0. The zero-order valence-corrected chi connectivity index (χ0v) is 22.0. The SMILES string of the molecule is CCCCCCc1ccccc1C(=O)[O-].CCCCCCc1ccccc1C(=O)[O-].[Zn+2]. The predicted molar refractivity (Wildman–Crippen MR) is 117 cm³/mol. The summed E-state index contributed by atoms with van der Waals surface area (Å²) in [6.07, 6.45) is 10.9. The molecule has 2 rings (SSSR count). The first-order chi connectivity index (χ1) is 14.5. The van der Waals surface area contributed by atoms with Crippen LogP contribution in [0.5, 0.6) is 0 Å². The molecule has 0 aromatic heterocycles. The van der Waals surface area contributed by atoms with E-state index >= 15 is 0 Å². The van der Waals surface area contributed by atoms with Gasteiger partial charge in [0.1, 0.15) is 0 Å². The van der Waals surface area contributed by atoms with E-state index in [1.165, 1.54) is 25.7 Å². The maximum absolute atomic E-state index is 10.8. The van der Waals surface area contributed by atoms with E-state index in [2.05, 4.69) is 13.8 Å². The fourth-order valence-electron chi connectivity index (χ4n) is 3.36. The van der Waals surface area contributed by atoms with Crippen LogP contribution in [0.2, 0.25) is 0 Å². The minimum absolute atomic E-state index is 0. The van der Waals surface area contributed by atoms with Gasteiger partial charge < -0.3 is 19.8 Å². The third-order valence-electron chi connectivity index (χ3n) is 5.07. The maximum Gasteiger partial charge on any atom is 2.00 e. The average Bonchev–Trinajstić information content (AvgIpc) is 2.75. The van der Waals surface area contributed by atoms with Gasteiger partial charge in [-0.15, -0.1) is 0 Å². The van der Waals surface area contributed by atoms with Crippen molar-refractivity contribution in [3.8, 4) is 0 Å². The van der Waals surface area contributed by atoms with Crippen LogP contribution >= 0.6 is 0 Å². The number of hydrogen-bond donors (Lipinski definition) is 0. The molecule has 0 bridgehead atoms. The minimum Gasteiger partial charge on any atom is -0.545 e. The van der Waals surface area contributed by atoms with Crippen LogP contribution in [0.1, 0.15) is 97.1 Å². The number of carbonyl (C=O) groups excluding carboxylic acids is 2. The molecule has 0 saturated heterocycles. The number of carbonyl (C=O) groups is 2. The summed E-state index contributed by atoms with van der Waals surface area (Å²) in [6, 6.07) is 14.2. The molecular formula is C26H34O4Zn. The number of aryl methyl sites for hydroxylation is 2. The van der Waals surface area contributed by atoms with E-state index in [4.69, 9.17) is 0 Å². The molecule has 0 radical (unpaired) electrons. The molecule has 0 fully saturated rings. The Labute approximate surface area is 199 Å². The second-order valence-electron chi connectivity index (χ2n) is 7.51. The number of carboxylic acid groups (broad SMARTS) is 2. The summed E-state index contributed by atoms with van der Waals surface area (Å²) in [6.45, 7) is 4.32. The molecule has 164 valence electrons. The standard InChI is InChI=1S/2C13H18O2.Zn/c2*1-2-3-4-5-8-11-9-6-7-10-12(11)13(14)15;/h2*6-7,9-10H,2-5,8H2,1H3,(H,14,15);/q;;+2/p-2. The number of benzene rings is 2. The van der Waals surface area contributed by atoms with Crippen molar-refractivity contribution in [1.82, 2.24) is 0 Å². The summed E-state index contributed by atoms with van der Waals surface area (Å²) >= 11 is 0. The van der Waals surface area contributed by atoms with Gasteiger partial charge >= 0.3 is 19.5 Å². The van der Waals surface area contributed by atoms with E-state index < -0.39 is 11.9 Å². The van der Waals surface area contributed by atoms with Crippen molar-refractivity contribution in [3.63, 3.8) is 0 Å². The largest absolute Gasteiger partial charge is 2.00 e. The Morgan fingerprint density at radius 1 is 0.613 bits per heavy atom. The first-order valence-corrected chi connectivity index (χ1v) is 11.1. The molecule has 0 heterocycles. The Bertz CT molecular complexity index is 708. The van der Waals surface area contributed by atoms with Gasteiger partial charge in [-0.3, -0.25) is 0 Å². The summed E-state index contributed by atoms with van der Waals surface area (Å²) in [7, 11) is 0. The fourth-order valence-corrected chi connectivity index (χ4v) is 3.36. The molecule has 0 atom stereocenters. The maximum atomic E-state index is 10.8. The molecule has 0 N–H and O–H groups in total. The van der Waals surface area contributed by atoms with Crippen LogP contribution in [-0.2, 0) is 32.3 Å². The number of aromatic carboxylic acids is 2. The topological polar surface area (TPSA) is 80.3 Å². The monoisotopic (exact) mass is 474 g/mol. The Morgan fingerprint density at radius 2 is 0.968 bits per heavy atom. The third kappa shape index (κ3) is 11.8. The predicted octanol–water partition coefficient (Wildman–Crippen LogP) is 4.34. The quantitative estimate of drug-likeness (QED) is 0.338. The van der Waals surface area contributed by atoms with E-state index in [0.717, 1.165) is 49.7 Å². The number of carboxylic acids is 2. The molecule has 31 heavy (non-hydrogen) atoms. The average molecular weight is 476 g/mol. The van der Waals surface area contributed by atoms with Gasteiger partial charge in [0.2, 0.25) is 0 Å². The van der Waals surface area contributed by atoms with Crippen molar-refractivity contribution in [1.29, 1.82) is 0 Å². The first-order valence-electron chi connectivity index (χ1n) is 11.1. The normalized spacial score (nSPS) is 9.87. The second-order valence-corrected chi connectivity index (χ2v) is 7.51. The Hall–Kier alpha value is -2.00. The summed E-state index contributed by atoms with van der Waals surface area (Å²) in [5.74, 6) is -2.14. The van der Waals surface area contributed by atoms with Gasteiger partial charge in [-0.1, -0.05) is 101 Å². The third-order valence-corrected chi connectivity index (χ3v) is 5.07. The molecular weight excluding hydrogens is 442 g/mol. The summed E-state index contributed by atoms with van der Waals surface area (Å²) in [5, 5.41) is 21.6. The molecule has 0 unspecified atom stereocenters. The van der Waals surface area contributed by atoms with Crippen molar-refractivity contribution in [2.45, 2.75) is 78.1 Å². The van der Waals surface area contributed by atoms with E-state index in [0.29, 0.717) is 11.1 Å². The smallest absolute Gasteiger partial charge is 0.545 e. The number of rotatable bonds is 12. The van der Waals surface area contributed by atoms with E-state index in [1.807, 2.05) is 24.3 Å². The molecule has 4 nitrogen and oxygen atoms in total. The Morgan fingerprint density at radius 3 is 1.29 bits per heavy atom. The fraction of sp³-hybridized carbons (Fsp3) is 0.462. The van der Waals surface area contributed by atoms with Crippen LogP contribution in [0, 0.1) is 0 Å². The Kier molecular flexibility index (Phi) is 16.5. The number of unbranched alkanes of at least 4 members (excludes halogenated alkanes) is 6. The van der Waals surface area contributed by atoms with Gasteiger partial charge in [-0.2, -0.15) is 0 Å². The van der Waals surface area contributed by atoms with Crippen molar-refractivity contribution >= 4 is 11.9 Å². The van der Waals surface area contributed by atoms with Gasteiger partial charge in [0.05, 0.1) is 11.9 Å². The first kappa shape index (κ1) is 29.0. The Balaban J connectivity index is 0.000000562. The summed E-state index contributed by atoms with van der Waals surface area (Å²) in [5.41, 5.74) is 2.48. The van der Waals surface area contributed by atoms with Gasteiger partial charge in [-0.05, 0) is 36.8 Å². The van der Waals surface area contributed by atoms with E-state index in [9.17, 15) is 19.8 Å². The molecule has 2 aromatic carbocycles. The van der Waals surface area contributed by atoms with Crippen LogP contribution in [0.4, 0.5) is 0 Å². The van der Waals surface area contributed by atoms with Crippen molar-refractivity contribution in [2.75, 3.05) is 0 Å². The zero-order chi connectivity index (χ0) is 22.2. The molecule has 2 aromatic rings. The molecule has 0 amide bonds. The van der Waals surface area contributed by atoms with Crippen molar-refractivity contribution < 1.29 is 39.3 Å². The van der Waals surface area contributed by atoms with Crippen LogP contribution < -0.4 is 10.2 Å². The van der Waals surface area contributed by atoms with Gasteiger partial charge in [-0.25, -0.2) is 0 Å². The minimum atomic E-state index is -1.07. The van der Waals surface area contributed by atoms with Crippen molar-refractivity contribution in [3.05, 3.63) is 70.8 Å². The van der Waals surface area contributed by atoms with Crippen molar-refractivity contribution in [2.24, 2.45) is 0 Å². The molecule has 0 spiro atoms. The van der Waals surface area contributed by atoms with Gasteiger partial charge in [0.25, 0.3) is 0 Å². The molecule has 0 saturated carbocycles. The van der Waals surface area contributed by atoms with Crippen LogP contribution in [0.25, 0.3) is 0 Å². The van der Waals surface area contributed by atoms with E-state index in [-0.39, 0.29) is 19.5 Å². The molecule has 0 aliphatic heterocycles. The van der Waals surface area contributed by atoms with Crippen LogP contribution in [0.15, 0.2) is 48.5 Å². The van der Waals surface area contributed by atoms with Gasteiger partial charge in [0, 0.05) is 11.1 Å². The van der Waals surface area contributed by atoms with Crippen LogP contribution in [0.3, 0.4) is 0 Å². The summed E-state index contributed by atoms with van der Waals surface area (Å²) in [4.78, 5) is 21.6. The van der Waals surface area contributed by atoms with E-state index in [1.54, 1.807) is 24.3 Å². The number of hydrogen-bond acceptors (Lipinski definition) is 4. The molecule has 0 aliphatic carbocycles. The van der Waals surface area contributed by atoms with Crippen LogP contribution in [-0.4, -0.2) is 11.9 Å². The molecule has 0 aliphatic rings. The second kappa shape index (κ2) is 17.7. The zero-order valence-electron chi connectivity index (χ0n) is 19.0.